The number of hydrogen-bond acceptors (Lipinski definition) is 3. The molecule has 7 heteroatoms. The van der Waals surface area contributed by atoms with Gasteiger partial charge in [0.15, 0.2) is 0 Å². The number of hydrazone groups is 1. The smallest absolute Gasteiger partial charge is 0.259 e. The lowest BCUT2D eigenvalue weighted by Crippen LogP contribution is -2.34. The Morgan fingerprint density at radius 2 is 1.66 bits per heavy atom. The minimum Gasteiger partial charge on any atom is -0.343 e. The fraction of sp³-hybridized carbons (Fsp3) is 0.0800. The van der Waals surface area contributed by atoms with E-state index in [9.17, 15) is 14.0 Å². The molecule has 0 aliphatic heterocycles. The predicted octanol–water partition coefficient (Wildman–Crippen LogP) is 3.71. The van der Waals surface area contributed by atoms with Crippen molar-refractivity contribution < 1.29 is 14.0 Å². The summed E-state index contributed by atoms with van der Waals surface area (Å²) in [4.78, 5) is 24.0. The predicted molar refractivity (Wildman–Crippen MR) is 122 cm³/mol. The summed E-state index contributed by atoms with van der Waals surface area (Å²) in [5.41, 5.74) is 5.72. The molecule has 4 aromatic rings. The molecular weight excluding hydrogens is 407 g/mol. The van der Waals surface area contributed by atoms with E-state index in [1.54, 1.807) is 42.6 Å². The molecule has 1 heterocycles. The Hall–Kier alpha value is -4.26. The Balaban J connectivity index is 1.40. The van der Waals surface area contributed by atoms with Gasteiger partial charge in [0.25, 0.3) is 11.8 Å². The molecule has 0 spiro atoms. The molecule has 1 aromatic heterocycles. The van der Waals surface area contributed by atoms with Crippen molar-refractivity contribution >= 4 is 28.9 Å². The third-order valence-electron chi connectivity index (χ3n) is 4.92. The Morgan fingerprint density at radius 3 is 2.44 bits per heavy atom. The highest BCUT2D eigenvalue weighted by Crippen LogP contribution is 2.21. The Labute approximate surface area is 184 Å². The number of fused-ring (bicyclic) bond motifs is 1. The highest BCUT2D eigenvalue weighted by atomic mass is 19.1. The van der Waals surface area contributed by atoms with Gasteiger partial charge in [0.05, 0.1) is 12.8 Å². The molecule has 0 radical (unpaired) electrons. The van der Waals surface area contributed by atoms with Crippen molar-refractivity contribution in [3.63, 3.8) is 0 Å². The summed E-state index contributed by atoms with van der Waals surface area (Å²) in [7, 11) is 0. The van der Waals surface area contributed by atoms with Crippen LogP contribution in [0.2, 0.25) is 0 Å². The lowest BCUT2D eigenvalue weighted by Gasteiger charge is -2.05. The summed E-state index contributed by atoms with van der Waals surface area (Å²) in [6.45, 7) is 0.393. The molecule has 0 saturated heterocycles. The van der Waals surface area contributed by atoms with E-state index in [1.807, 2.05) is 41.1 Å². The van der Waals surface area contributed by atoms with Gasteiger partial charge in [0.2, 0.25) is 0 Å². The second kappa shape index (κ2) is 9.70. The first-order valence-electron chi connectivity index (χ1n) is 10.1. The molecule has 32 heavy (non-hydrogen) atoms. The average Bonchev–Trinajstić information content (AvgIpc) is 3.17. The van der Waals surface area contributed by atoms with Gasteiger partial charge in [-0.2, -0.15) is 5.10 Å². The van der Waals surface area contributed by atoms with Gasteiger partial charge in [-0.25, -0.2) is 9.82 Å². The second-order valence-corrected chi connectivity index (χ2v) is 7.20. The molecule has 0 aliphatic carbocycles. The zero-order valence-corrected chi connectivity index (χ0v) is 17.2. The zero-order valence-electron chi connectivity index (χ0n) is 17.2. The van der Waals surface area contributed by atoms with Gasteiger partial charge in [-0.15, -0.1) is 0 Å². The number of para-hydroxylation sites is 1. The molecule has 0 unspecified atom stereocenters. The normalized spacial score (nSPS) is 11.0. The van der Waals surface area contributed by atoms with Gasteiger partial charge in [0, 0.05) is 34.8 Å². The Bertz CT molecular complexity index is 1260. The molecule has 0 saturated carbocycles. The minimum atomic E-state index is -0.430. The van der Waals surface area contributed by atoms with Gasteiger partial charge >= 0.3 is 0 Å². The van der Waals surface area contributed by atoms with Crippen LogP contribution in [-0.2, 0) is 11.3 Å². The number of carbonyl (C=O) groups is 2. The Morgan fingerprint density at radius 1 is 0.938 bits per heavy atom. The van der Waals surface area contributed by atoms with Crippen molar-refractivity contribution in [3.8, 4) is 0 Å². The van der Waals surface area contributed by atoms with Crippen LogP contribution in [-0.4, -0.2) is 29.1 Å². The summed E-state index contributed by atoms with van der Waals surface area (Å²) in [5.74, 6) is -1.02. The van der Waals surface area contributed by atoms with Crippen LogP contribution in [0, 0.1) is 5.82 Å². The third-order valence-corrected chi connectivity index (χ3v) is 4.92. The monoisotopic (exact) mass is 428 g/mol. The minimum absolute atomic E-state index is 0.183. The largest absolute Gasteiger partial charge is 0.343 e. The summed E-state index contributed by atoms with van der Waals surface area (Å²) >= 11 is 0. The number of nitrogens with one attached hydrogen (secondary N) is 2. The zero-order chi connectivity index (χ0) is 22.3. The number of aromatic nitrogens is 1. The van der Waals surface area contributed by atoms with Crippen LogP contribution < -0.4 is 10.7 Å². The van der Waals surface area contributed by atoms with Crippen LogP contribution >= 0.6 is 0 Å². The molecule has 160 valence electrons. The van der Waals surface area contributed by atoms with Gasteiger partial charge < -0.3 is 9.88 Å². The maximum absolute atomic E-state index is 13.2. The SMILES string of the molecule is O=C(CNC(=O)c1ccccc1)N/N=C\c1cn(Cc2ccc(F)cc2)c2ccccc12. The van der Waals surface area contributed by atoms with Gasteiger partial charge in [-0.3, -0.25) is 9.59 Å². The van der Waals surface area contributed by atoms with Crippen LogP contribution in [0.1, 0.15) is 21.5 Å². The summed E-state index contributed by atoms with van der Waals surface area (Å²) < 4.78 is 15.2. The van der Waals surface area contributed by atoms with E-state index >= 15 is 0 Å². The van der Waals surface area contributed by atoms with Gasteiger partial charge in [0.1, 0.15) is 5.82 Å². The molecule has 4 rings (SSSR count). The van der Waals surface area contributed by atoms with Crippen molar-refractivity contribution in [2.45, 2.75) is 6.54 Å². The van der Waals surface area contributed by atoms with Crippen molar-refractivity contribution in [3.05, 3.63) is 108 Å². The van der Waals surface area contributed by atoms with E-state index in [4.69, 9.17) is 0 Å². The van der Waals surface area contributed by atoms with E-state index in [0.717, 1.165) is 22.0 Å². The van der Waals surface area contributed by atoms with Crippen LogP contribution in [0.3, 0.4) is 0 Å². The fourth-order valence-electron chi connectivity index (χ4n) is 3.36. The number of carbonyl (C=O) groups excluding carboxylic acids is 2. The maximum Gasteiger partial charge on any atom is 0.259 e. The van der Waals surface area contributed by atoms with E-state index in [-0.39, 0.29) is 18.3 Å². The first-order chi connectivity index (χ1) is 15.6. The van der Waals surface area contributed by atoms with Crippen molar-refractivity contribution in [1.29, 1.82) is 0 Å². The molecule has 2 N–H and O–H groups in total. The van der Waals surface area contributed by atoms with Crippen LogP contribution in [0.5, 0.6) is 0 Å². The Kier molecular flexibility index (Phi) is 6.36. The topological polar surface area (TPSA) is 75.5 Å². The number of hydrogen-bond donors (Lipinski definition) is 2. The van der Waals surface area contributed by atoms with Crippen molar-refractivity contribution in [2.24, 2.45) is 5.10 Å². The van der Waals surface area contributed by atoms with Crippen molar-refractivity contribution in [2.75, 3.05) is 6.54 Å². The summed E-state index contributed by atoms with van der Waals surface area (Å²) in [6.07, 6.45) is 3.50. The lowest BCUT2D eigenvalue weighted by atomic mass is 10.2. The average molecular weight is 428 g/mol. The van der Waals surface area contributed by atoms with E-state index < -0.39 is 5.91 Å². The first kappa shape index (κ1) is 21.0. The van der Waals surface area contributed by atoms with E-state index in [0.29, 0.717) is 12.1 Å². The lowest BCUT2D eigenvalue weighted by molar-refractivity contribution is -0.120. The molecule has 0 fully saturated rings. The number of amides is 2. The highest BCUT2D eigenvalue weighted by Gasteiger charge is 2.09. The molecule has 0 aliphatic rings. The number of rotatable bonds is 7. The quantitative estimate of drug-likeness (QED) is 0.348. The van der Waals surface area contributed by atoms with Gasteiger partial charge in [-0.1, -0.05) is 48.5 Å². The molecule has 2 amide bonds. The third kappa shape index (κ3) is 5.07. The standard InChI is InChI=1S/C25H21FN4O2/c26-21-12-10-18(11-13-21)16-30-17-20(22-8-4-5-9-23(22)30)14-28-29-24(31)15-27-25(32)19-6-2-1-3-7-19/h1-14,17H,15-16H2,(H,27,32)(H,29,31)/b28-14-. The fourth-order valence-corrected chi connectivity index (χ4v) is 3.36. The molecule has 0 atom stereocenters. The van der Waals surface area contributed by atoms with E-state index in [1.165, 1.54) is 12.1 Å². The molecule has 6 nitrogen and oxygen atoms in total. The first-order valence-corrected chi connectivity index (χ1v) is 10.1. The highest BCUT2D eigenvalue weighted by molar-refractivity contribution is 6.00. The molecule has 3 aromatic carbocycles. The maximum atomic E-state index is 13.2. The van der Waals surface area contributed by atoms with E-state index in [2.05, 4.69) is 15.8 Å². The van der Waals surface area contributed by atoms with Crippen molar-refractivity contribution in [1.82, 2.24) is 15.3 Å². The number of benzene rings is 3. The second-order valence-electron chi connectivity index (χ2n) is 7.20. The molecular formula is C25H21FN4O2. The van der Waals surface area contributed by atoms with Crippen LogP contribution in [0.25, 0.3) is 10.9 Å². The van der Waals surface area contributed by atoms with Crippen LogP contribution in [0.4, 0.5) is 4.39 Å². The number of halogens is 1. The number of nitrogens with zero attached hydrogens (tertiary/aromatic N) is 2. The molecule has 0 bridgehead atoms. The van der Waals surface area contributed by atoms with Gasteiger partial charge in [-0.05, 0) is 35.9 Å². The van der Waals surface area contributed by atoms with Crippen LogP contribution in [0.15, 0.2) is 90.2 Å². The summed E-state index contributed by atoms with van der Waals surface area (Å²) in [6, 6.07) is 22.9. The summed E-state index contributed by atoms with van der Waals surface area (Å²) in [5, 5.41) is 7.57.